The van der Waals surface area contributed by atoms with Gasteiger partial charge in [-0.2, -0.15) is 0 Å². The van der Waals surface area contributed by atoms with E-state index >= 15 is 0 Å². The van der Waals surface area contributed by atoms with Crippen molar-refractivity contribution in [3.05, 3.63) is 27.1 Å². The first-order valence-corrected chi connectivity index (χ1v) is 9.18. The molecule has 0 aliphatic rings. The summed E-state index contributed by atoms with van der Waals surface area (Å²) >= 11 is 6.96. The lowest BCUT2D eigenvalue weighted by atomic mass is 10.1. The number of hydrogen-bond acceptors (Lipinski definition) is 3. The molecule has 0 aromatic heterocycles. The summed E-state index contributed by atoms with van der Waals surface area (Å²) in [5, 5.41) is 3.34. The second-order valence-electron chi connectivity index (χ2n) is 7.35. The van der Waals surface area contributed by atoms with E-state index in [4.69, 9.17) is 4.74 Å². The van der Waals surface area contributed by atoms with E-state index in [9.17, 15) is 4.79 Å². The number of nitrogens with zero attached hydrogens (tertiary/aromatic N) is 1. The van der Waals surface area contributed by atoms with Gasteiger partial charge < -0.3 is 15.0 Å². The van der Waals surface area contributed by atoms with E-state index in [0.717, 1.165) is 14.6 Å². The molecule has 1 N–H and O–H groups in total. The third kappa shape index (κ3) is 7.12. The Morgan fingerprint density at radius 3 is 2.26 bits per heavy atom. The van der Waals surface area contributed by atoms with E-state index in [1.54, 1.807) is 4.90 Å². The molecule has 0 bridgehead atoms. The van der Waals surface area contributed by atoms with Gasteiger partial charge in [-0.25, -0.2) is 4.79 Å². The molecule has 6 heteroatoms. The molecule has 23 heavy (non-hydrogen) atoms. The van der Waals surface area contributed by atoms with Gasteiger partial charge in [-0.3, -0.25) is 0 Å². The number of ether oxygens (including phenoxy) is 1. The van der Waals surface area contributed by atoms with Crippen molar-refractivity contribution < 1.29 is 9.53 Å². The SMILES string of the molecule is CC(C)(C)OC(=O)N(CCNc1ccc(Br)cc1Br)C(C)(C)C. The summed E-state index contributed by atoms with van der Waals surface area (Å²) in [7, 11) is 0. The lowest BCUT2D eigenvalue weighted by Gasteiger charge is -2.37. The molecule has 4 nitrogen and oxygen atoms in total. The molecule has 1 amide bonds. The fraction of sp³-hybridized carbons (Fsp3) is 0.588. The fourth-order valence-electron chi connectivity index (χ4n) is 1.95. The van der Waals surface area contributed by atoms with Gasteiger partial charge in [-0.1, -0.05) is 15.9 Å². The number of rotatable bonds is 4. The average molecular weight is 450 g/mol. The Balaban J connectivity index is 2.70. The summed E-state index contributed by atoms with van der Waals surface area (Å²) in [6, 6.07) is 5.95. The van der Waals surface area contributed by atoms with Crippen molar-refractivity contribution in [2.75, 3.05) is 18.4 Å². The first-order valence-electron chi connectivity index (χ1n) is 7.60. The molecule has 0 unspecified atom stereocenters. The maximum atomic E-state index is 12.4. The number of benzene rings is 1. The summed E-state index contributed by atoms with van der Waals surface area (Å²) in [6.07, 6.45) is -0.290. The maximum Gasteiger partial charge on any atom is 0.410 e. The number of amides is 1. The lowest BCUT2D eigenvalue weighted by Crippen LogP contribution is -2.49. The van der Waals surface area contributed by atoms with Crippen LogP contribution in [0, 0.1) is 0 Å². The Hall–Kier alpha value is -0.750. The van der Waals surface area contributed by atoms with E-state index in [1.807, 2.05) is 59.7 Å². The molecule has 0 saturated heterocycles. The summed E-state index contributed by atoms with van der Waals surface area (Å²) in [5.41, 5.74) is 0.190. The van der Waals surface area contributed by atoms with Crippen LogP contribution in [0.25, 0.3) is 0 Å². The molecule has 1 rings (SSSR count). The van der Waals surface area contributed by atoms with Gasteiger partial charge in [0, 0.05) is 33.3 Å². The first kappa shape index (κ1) is 20.3. The second kappa shape index (κ2) is 7.88. The second-order valence-corrected chi connectivity index (χ2v) is 9.12. The molecule has 0 spiro atoms. The molecule has 0 aliphatic heterocycles. The normalized spacial score (nSPS) is 12.0. The quantitative estimate of drug-likeness (QED) is 0.644. The summed E-state index contributed by atoms with van der Waals surface area (Å²) in [5.74, 6) is 0. The van der Waals surface area contributed by atoms with Crippen molar-refractivity contribution in [2.24, 2.45) is 0 Å². The molecule has 0 aliphatic carbocycles. The molecular weight excluding hydrogens is 424 g/mol. The van der Waals surface area contributed by atoms with Gasteiger partial charge in [0.05, 0.1) is 0 Å². The summed E-state index contributed by atoms with van der Waals surface area (Å²) < 4.78 is 7.50. The smallest absolute Gasteiger partial charge is 0.410 e. The molecule has 0 heterocycles. The number of carbonyl (C=O) groups is 1. The van der Waals surface area contributed by atoms with Crippen molar-refractivity contribution in [3.8, 4) is 0 Å². The monoisotopic (exact) mass is 448 g/mol. The van der Waals surface area contributed by atoms with Crippen LogP contribution in [0.5, 0.6) is 0 Å². The van der Waals surface area contributed by atoms with Crippen LogP contribution >= 0.6 is 31.9 Å². The zero-order valence-corrected chi connectivity index (χ0v) is 17.8. The van der Waals surface area contributed by atoms with Crippen molar-refractivity contribution in [1.82, 2.24) is 4.90 Å². The zero-order chi connectivity index (χ0) is 17.8. The molecular formula is C17H26Br2N2O2. The van der Waals surface area contributed by atoms with Gasteiger partial charge in [0.25, 0.3) is 0 Å². The minimum absolute atomic E-state index is 0.290. The van der Waals surface area contributed by atoms with Crippen molar-refractivity contribution in [3.63, 3.8) is 0 Å². The average Bonchev–Trinajstić information content (AvgIpc) is 2.32. The van der Waals surface area contributed by atoms with Crippen molar-refractivity contribution in [1.29, 1.82) is 0 Å². The van der Waals surface area contributed by atoms with Crippen LogP contribution in [0.15, 0.2) is 27.1 Å². The molecule has 0 atom stereocenters. The molecule has 130 valence electrons. The van der Waals surface area contributed by atoms with E-state index in [2.05, 4.69) is 37.2 Å². The van der Waals surface area contributed by atoms with Crippen LogP contribution in [0.2, 0.25) is 0 Å². The van der Waals surface area contributed by atoms with Crippen LogP contribution in [0.3, 0.4) is 0 Å². The van der Waals surface area contributed by atoms with E-state index < -0.39 is 5.60 Å². The van der Waals surface area contributed by atoms with Crippen LogP contribution in [0.1, 0.15) is 41.5 Å². The van der Waals surface area contributed by atoms with E-state index in [0.29, 0.717) is 13.1 Å². The van der Waals surface area contributed by atoms with Gasteiger partial charge in [0.1, 0.15) is 5.60 Å². The number of nitrogens with one attached hydrogen (secondary N) is 1. The molecule has 0 radical (unpaired) electrons. The minimum Gasteiger partial charge on any atom is -0.444 e. The number of hydrogen-bond donors (Lipinski definition) is 1. The predicted molar refractivity (Wildman–Crippen MR) is 103 cm³/mol. The highest BCUT2D eigenvalue weighted by atomic mass is 79.9. The standard InChI is InChI=1S/C17H26Br2N2O2/c1-16(2,3)21(15(22)23-17(4,5)6)10-9-20-14-8-7-12(18)11-13(14)19/h7-8,11,20H,9-10H2,1-6H3. The Kier molecular flexibility index (Phi) is 6.95. The highest BCUT2D eigenvalue weighted by molar-refractivity contribution is 9.11. The lowest BCUT2D eigenvalue weighted by molar-refractivity contribution is 0.00749. The largest absolute Gasteiger partial charge is 0.444 e. The Morgan fingerprint density at radius 1 is 1.17 bits per heavy atom. The topological polar surface area (TPSA) is 41.6 Å². The molecule has 0 fully saturated rings. The highest BCUT2D eigenvalue weighted by Crippen LogP contribution is 2.26. The zero-order valence-electron chi connectivity index (χ0n) is 14.7. The molecule has 1 aromatic rings. The first-order chi connectivity index (χ1) is 10.4. The Morgan fingerprint density at radius 2 is 1.78 bits per heavy atom. The van der Waals surface area contributed by atoms with Crippen molar-refractivity contribution in [2.45, 2.75) is 52.7 Å². The Bertz CT molecular complexity index is 549. The summed E-state index contributed by atoms with van der Waals surface area (Å²) in [6.45, 7) is 12.8. The third-order valence-electron chi connectivity index (χ3n) is 3.01. The predicted octanol–water partition coefficient (Wildman–Crippen LogP) is 5.66. The van der Waals surface area contributed by atoms with Gasteiger partial charge in [-0.05, 0) is 75.7 Å². The Labute approximate surface area is 156 Å². The maximum absolute atomic E-state index is 12.4. The number of halogens is 2. The van der Waals surface area contributed by atoms with Gasteiger partial charge in [-0.15, -0.1) is 0 Å². The third-order valence-corrected chi connectivity index (χ3v) is 4.15. The molecule has 0 saturated carbocycles. The van der Waals surface area contributed by atoms with Crippen LogP contribution in [-0.4, -0.2) is 35.2 Å². The van der Waals surface area contributed by atoms with Gasteiger partial charge >= 0.3 is 6.09 Å². The van der Waals surface area contributed by atoms with Crippen LogP contribution < -0.4 is 5.32 Å². The number of anilines is 1. The van der Waals surface area contributed by atoms with Crippen molar-refractivity contribution >= 4 is 43.6 Å². The van der Waals surface area contributed by atoms with E-state index in [-0.39, 0.29) is 11.6 Å². The van der Waals surface area contributed by atoms with Crippen LogP contribution in [0.4, 0.5) is 10.5 Å². The summed E-state index contributed by atoms with van der Waals surface area (Å²) in [4.78, 5) is 14.2. The number of carbonyl (C=O) groups excluding carboxylic acids is 1. The highest BCUT2D eigenvalue weighted by Gasteiger charge is 2.30. The molecule has 1 aromatic carbocycles. The van der Waals surface area contributed by atoms with E-state index in [1.165, 1.54) is 0 Å². The van der Waals surface area contributed by atoms with Crippen LogP contribution in [-0.2, 0) is 4.74 Å². The van der Waals surface area contributed by atoms with Gasteiger partial charge in [0.15, 0.2) is 0 Å². The minimum atomic E-state index is -0.497. The fourth-order valence-corrected chi connectivity index (χ4v) is 3.14. The van der Waals surface area contributed by atoms with Gasteiger partial charge in [0.2, 0.25) is 0 Å².